The van der Waals surface area contributed by atoms with Gasteiger partial charge >= 0.3 is 0 Å². The Bertz CT molecular complexity index is 557. The fraction of sp³-hybridized carbons (Fsp3) is 0.538. The monoisotopic (exact) mass is 246 g/mol. The molecule has 5 nitrogen and oxygen atoms in total. The van der Waals surface area contributed by atoms with E-state index < -0.39 is 0 Å². The fourth-order valence-electron chi connectivity index (χ4n) is 2.79. The van der Waals surface area contributed by atoms with Gasteiger partial charge in [-0.3, -0.25) is 4.98 Å². The van der Waals surface area contributed by atoms with Crippen LogP contribution in [0.15, 0.2) is 18.5 Å². The Morgan fingerprint density at radius 1 is 1.44 bits per heavy atom. The number of imidazole rings is 1. The molecule has 2 aromatic heterocycles. The van der Waals surface area contributed by atoms with Gasteiger partial charge in [0, 0.05) is 38.4 Å². The Morgan fingerprint density at radius 3 is 2.89 bits per heavy atom. The molecule has 1 aliphatic heterocycles. The number of hydrogen-bond donors (Lipinski definition) is 1. The highest BCUT2D eigenvalue weighted by Crippen LogP contribution is 2.34. The SMILES string of the molecule is Cn1c(C2(CN)CCOCC2)nc2ccncc21. The predicted molar refractivity (Wildman–Crippen MR) is 69.3 cm³/mol. The van der Waals surface area contributed by atoms with E-state index in [1.165, 1.54) is 0 Å². The fourth-order valence-corrected chi connectivity index (χ4v) is 2.79. The summed E-state index contributed by atoms with van der Waals surface area (Å²) in [4.78, 5) is 8.93. The summed E-state index contributed by atoms with van der Waals surface area (Å²) in [7, 11) is 2.04. The maximum absolute atomic E-state index is 6.04. The average Bonchev–Trinajstić information content (AvgIpc) is 2.78. The zero-order valence-corrected chi connectivity index (χ0v) is 10.6. The Hall–Kier alpha value is -1.46. The van der Waals surface area contributed by atoms with E-state index in [9.17, 15) is 0 Å². The van der Waals surface area contributed by atoms with Gasteiger partial charge in [-0.2, -0.15) is 0 Å². The number of rotatable bonds is 2. The number of ether oxygens (including phenoxy) is 1. The third-order valence-electron chi connectivity index (χ3n) is 4.00. The van der Waals surface area contributed by atoms with Crippen LogP contribution in [-0.2, 0) is 17.2 Å². The van der Waals surface area contributed by atoms with E-state index in [1.54, 1.807) is 6.20 Å². The van der Waals surface area contributed by atoms with Gasteiger partial charge < -0.3 is 15.0 Å². The van der Waals surface area contributed by atoms with E-state index in [2.05, 4.69) is 9.55 Å². The Kier molecular flexibility index (Phi) is 2.80. The molecule has 0 bridgehead atoms. The zero-order valence-electron chi connectivity index (χ0n) is 10.6. The number of aromatic nitrogens is 3. The van der Waals surface area contributed by atoms with Crippen LogP contribution in [0.25, 0.3) is 11.0 Å². The molecule has 2 aromatic rings. The molecule has 0 radical (unpaired) electrons. The third kappa shape index (κ3) is 1.62. The third-order valence-corrected chi connectivity index (χ3v) is 4.00. The summed E-state index contributed by atoms with van der Waals surface area (Å²) in [6, 6.07) is 1.95. The van der Waals surface area contributed by atoms with Gasteiger partial charge in [0.2, 0.25) is 0 Å². The van der Waals surface area contributed by atoms with Crippen LogP contribution in [0.4, 0.5) is 0 Å². The number of aryl methyl sites for hydroxylation is 1. The Labute approximate surface area is 106 Å². The van der Waals surface area contributed by atoms with Crippen molar-refractivity contribution in [1.82, 2.24) is 14.5 Å². The van der Waals surface area contributed by atoms with Crippen LogP contribution in [0.2, 0.25) is 0 Å². The van der Waals surface area contributed by atoms with Crippen molar-refractivity contribution in [1.29, 1.82) is 0 Å². The van der Waals surface area contributed by atoms with Crippen LogP contribution in [-0.4, -0.2) is 34.3 Å². The number of pyridine rings is 1. The quantitative estimate of drug-likeness (QED) is 0.857. The second-order valence-corrected chi connectivity index (χ2v) is 4.96. The van der Waals surface area contributed by atoms with Crippen molar-refractivity contribution in [3.63, 3.8) is 0 Å². The molecule has 0 atom stereocenters. The molecule has 5 heteroatoms. The number of hydrogen-bond acceptors (Lipinski definition) is 4. The molecule has 1 fully saturated rings. The molecule has 0 spiro atoms. The molecule has 1 saturated heterocycles. The first-order valence-electron chi connectivity index (χ1n) is 6.31. The maximum atomic E-state index is 6.04. The summed E-state index contributed by atoms with van der Waals surface area (Å²) >= 11 is 0. The molecule has 3 rings (SSSR count). The first-order chi connectivity index (χ1) is 8.77. The van der Waals surface area contributed by atoms with Crippen molar-refractivity contribution in [3.8, 4) is 0 Å². The summed E-state index contributed by atoms with van der Waals surface area (Å²) in [5.41, 5.74) is 8.04. The minimum atomic E-state index is -0.0496. The lowest BCUT2D eigenvalue weighted by Crippen LogP contribution is -2.42. The second kappa shape index (κ2) is 4.33. The van der Waals surface area contributed by atoms with Crippen LogP contribution in [0.5, 0.6) is 0 Å². The van der Waals surface area contributed by atoms with Gasteiger partial charge in [-0.25, -0.2) is 4.98 Å². The van der Waals surface area contributed by atoms with Crippen LogP contribution in [0.3, 0.4) is 0 Å². The first kappa shape index (κ1) is 11.6. The molecular weight excluding hydrogens is 228 g/mol. The van der Waals surface area contributed by atoms with Crippen LogP contribution < -0.4 is 5.73 Å². The highest BCUT2D eigenvalue weighted by Gasteiger charge is 2.37. The van der Waals surface area contributed by atoms with Crippen molar-refractivity contribution in [2.45, 2.75) is 18.3 Å². The van der Waals surface area contributed by atoms with Crippen molar-refractivity contribution < 1.29 is 4.74 Å². The van der Waals surface area contributed by atoms with E-state index in [4.69, 9.17) is 15.5 Å². The van der Waals surface area contributed by atoms with Gasteiger partial charge in [0.25, 0.3) is 0 Å². The summed E-state index contributed by atoms with van der Waals surface area (Å²) in [6.45, 7) is 2.14. The first-order valence-corrected chi connectivity index (χ1v) is 6.31. The number of nitrogens with zero attached hydrogens (tertiary/aromatic N) is 3. The number of fused-ring (bicyclic) bond motifs is 1. The van der Waals surface area contributed by atoms with Crippen molar-refractivity contribution in [3.05, 3.63) is 24.3 Å². The van der Waals surface area contributed by atoms with Crippen LogP contribution >= 0.6 is 0 Å². The summed E-state index contributed by atoms with van der Waals surface area (Å²) in [6.07, 6.45) is 5.51. The van der Waals surface area contributed by atoms with Crippen LogP contribution in [0, 0.1) is 0 Å². The minimum absolute atomic E-state index is 0.0496. The largest absolute Gasteiger partial charge is 0.381 e. The lowest BCUT2D eigenvalue weighted by atomic mass is 9.79. The molecule has 0 aliphatic carbocycles. The topological polar surface area (TPSA) is 66.0 Å². The average molecular weight is 246 g/mol. The maximum Gasteiger partial charge on any atom is 0.117 e. The molecule has 1 aliphatic rings. The van der Waals surface area contributed by atoms with E-state index in [1.807, 2.05) is 19.3 Å². The molecule has 96 valence electrons. The Morgan fingerprint density at radius 2 is 2.22 bits per heavy atom. The summed E-state index contributed by atoms with van der Waals surface area (Å²) < 4.78 is 7.58. The Balaban J connectivity index is 2.14. The lowest BCUT2D eigenvalue weighted by molar-refractivity contribution is 0.0492. The van der Waals surface area contributed by atoms with Crippen molar-refractivity contribution >= 4 is 11.0 Å². The molecule has 18 heavy (non-hydrogen) atoms. The molecule has 0 aromatic carbocycles. The molecule has 0 amide bonds. The molecule has 2 N–H and O–H groups in total. The van der Waals surface area contributed by atoms with Crippen molar-refractivity contribution in [2.75, 3.05) is 19.8 Å². The van der Waals surface area contributed by atoms with Gasteiger partial charge in [0.1, 0.15) is 5.82 Å². The van der Waals surface area contributed by atoms with Gasteiger partial charge in [0.05, 0.1) is 17.2 Å². The van der Waals surface area contributed by atoms with Gasteiger partial charge in [-0.1, -0.05) is 0 Å². The minimum Gasteiger partial charge on any atom is -0.381 e. The zero-order chi connectivity index (χ0) is 12.6. The van der Waals surface area contributed by atoms with Crippen molar-refractivity contribution in [2.24, 2.45) is 12.8 Å². The van der Waals surface area contributed by atoms with E-state index in [-0.39, 0.29) is 5.41 Å². The van der Waals surface area contributed by atoms with Gasteiger partial charge in [0.15, 0.2) is 0 Å². The molecule has 0 saturated carbocycles. The van der Waals surface area contributed by atoms with Gasteiger partial charge in [-0.15, -0.1) is 0 Å². The molecule has 3 heterocycles. The highest BCUT2D eigenvalue weighted by atomic mass is 16.5. The normalized spacial score (nSPS) is 19.2. The van der Waals surface area contributed by atoms with E-state index >= 15 is 0 Å². The van der Waals surface area contributed by atoms with E-state index in [0.29, 0.717) is 6.54 Å². The summed E-state index contributed by atoms with van der Waals surface area (Å²) in [5.74, 6) is 1.07. The smallest absolute Gasteiger partial charge is 0.117 e. The molecular formula is C13H18N4O. The standard InChI is InChI=1S/C13H18N4O/c1-17-11-8-15-5-2-10(11)16-12(17)13(9-14)3-6-18-7-4-13/h2,5,8H,3-4,6-7,9,14H2,1H3. The van der Waals surface area contributed by atoms with Crippen LogP contribution in [0.1, 0.15) is 18.7 Å². The van der Waals surface area contributed by atoms with Gasteiger partial charge in [-0.05, 0) is 18.9 Å². The highest BCUT2D eigenvalue weighted by molar-refractivity contribution is 5.74. The van der Waals surface area contributed by atoms with E-state index in [0.717, 1.165) is 42.9 Å². The lowest BCUT2D eigenvalue weighted by Gasteiger charge is -2.35. The summed E-state index contributed by atoms with van der Waals surface area (Å²) in [5, 5.41) is 0. The predicted octanol–water partition coefficient (Wildman–Crippen LogP) is 0.975. The number of nitrogens with two attached hydrogens (primary N) is 1. The second-order valence-electron chi connectivity index (χ2n) is 4.96. The molecule has 0 unspecified atom stereocenters.